The Morgan fingerprint density at radius 2 is 1.56 bits per heavy atom. The minimum absolute atomic E-state index is 0.0808. The minimum Gasteiger partial charge on any atom is -0.497 e. The van der Waals surface area contributed by atoms with Gasteiger partial charge >= 0.3 is 6.18 Å². The monoisotopic (exact) mass is 619 g/mol. The van der Waals surface area contributed by atoms with E-state index in [-0.39, 0.29) is 17.1 Å². The van der Waals surface area contributed by atoms with Crippen molar-refractivity contribution in [1.82, 2.24) is 10.2 Å². The fourth-order valence-electron chi connectivity index (χ4n) is 4.19. The highest BCUT2D eigenvalue weighted by molar-refractivity contribution is 7.92. The zero-order valence-electron chi connectivity index (χ0n) is 24.9. The zero-order valence-corrected chi connectivity index (χ0v) is 25.7. The average molecular weight is 620 g/mol. The van der Waals surface area contributed by atoms with Crippen LogP contribution in [0.4, 0.5) is 18.9 Å². The SMILES string of the molecule is COc1ccc(CN(C(=O)CN(c2cccc(C(F)(F)F)c2)S(=O)(=O)c2ccc(C)cc2)[C@H](C)C(=O)NC(C)(C)C)cc1. The van der Waals surface area contributed by atoms with Gasteiger partial charge in [0, 0.05) is 12.1 Å². The molecule has 0 aliphatic heterocycles. The number of carbonyl (C=O) groups excluding carboxylic acids is 2. The molecule has 12 heteroatoms. The minimum atomic E-state index is -4.75. The molecular formula is C31H36F3N3O5S. The summed E-state index contributed by atoms with van der Waals surface area (Å²) in [4.78, 5) is 28.1. The smallest absolute Gasteiger partial charge is 0.416 e. The summed E-state index contributed by atoms with van der Waals surface area (Å²) in [6.45, 7) is 7.64. The molecule has 0 unspecified atom stereocenters. The Morgan fingerprint density at radius 1 is 0.953 bits per heavy atom. The lowest BCUT2D eigenvalue weighted by molar-refractivity contribution is -0.140. The van der Waals surface area contributed by atoms with Crippen molar-refractivity contribution in [3.63, 3.8) is 0 Å². The lowest BCUT2D eigenvalue weighted by atomic mass is 10.1. The van der Waals surface area contributed by atoms with E-state index in [1.54, 1.807) is 64.1 Å². The fraction of sp³-hybridized carbons (Fsp3) is 0.355. The highest BCUT2D eigenvalue weighted by Crippen LogP contribution is 2.33. The van der Waals surface area contributed by atoms with Crippen molar-refractivity contribution in [3.05, 3.63) is 89.5 Å². The second-order valence-electron chi connectivity index (χ2n) is 11.2. The van der Waals surface area contributed by atoms with Crippen molar-refractivity contribution in [1.29, 1.82) is 0 Å². The molecule has 0 bridgehead atoms. The molecule has 2 amide bonds. The standard InChI is InChI=1S/C31H36F3N3O5S/c1-21-10-16-27(17-11-21)43(40,41)37(25-9-7-8-24(18-25)31(32,33)34)20-28(38)36(22(2)29(39)35-30(3,4)5)19-23-12-14-26(42-6)15-13-23/h7-18,22H,19-20H2,1-6H3,(H,35,39)/t22-/m1/s1. The number of anilines is 1. The van der Waals surface area contributed by atoms with Gasteiger partial charge in [0.2, 0.25) is 11.8 Å². The number of halogens is 3. The Bertz CT molecular complexity index is 1530. The first-order valence-corrected chi connectivity index (χ1v) is 14.9. The maximum absolute atomic E-state index is 14.0. The van der Waals surface area contributed by atoms with Crippen LogP contribution in [0.25, 0.3) is 0 Å². The quantitative estimate of drug-likeness (QED) is 0.321. The highest BCUT2D eigenvalue weighted by Gasteiger charge is 2.35. The van der Waals surface area contributed by atoms with Gasteiger partial charge in [0.25, 0.3) is 10.0 Å². The Morgan fingerprint density at radius 3 is 2.09 bits per heavy atom. The molecule has 0 fully saturated rings. The number of hydrogen-bond acceptors (Lipinski definition) is 5. The second kappa shape index (κ2) is 13.1. The molecule has 0 saturated heterocycles. The van der Waals surface area contributed by atoms with Gasteiger partial charge in [0.05, 0.1) is 23.3 Å². The van der Waals surface area contributed by atoms with Gasteiger partial charge in [-0.3, -0.25) is 13.9 Å². The first-order valence-electron chi connectivity index (χ1n) is 13.4. The Balaban J connectivity index is 2.09. The van der Waals surface area contributed by atoms with E-state index in [0.29, 0.717) is 21.7 Å². The third-order valence-corrected chi connectivity index (χ3v) is 8.31. The number of rotatable bonds is 10. The molecule has 8 nitrogen and oxygen atoms in total. The summed E-state index contributed by atoms with van der Waals surface area (Å²) in [5, 5.41) is 2.82. The summed E-state index contributed by atoms with van der Waals surface area (Å²) in [6.07, 6.45) is -4.75. The normalized spacial score (nSPS) is 12.8. The van der Waals surface area contributed by atoms with Crippen LogP contribution in [-0.4, -0.2) is 50.4 Å². The van der Waals surface area contributed by atoms with E-state index in [4.69, 9.17) is 4.74 Å². The van der Waals surface area contributed by atoms with Crippen LogP contribution in [0.1, 0.15) is 44.4 Å². The van der Waals surface area contributed by atoms with Crippen LogP contribution in [0.5, 0.6) is 5.75 Å². The van der Waals surface area contributed by atoms with Crippen molar-refractivity contribution >= 4 is 27.5 Å². The number of nitrogens with zero attached hydrogens (tertiary/aromatic N) is 2. The predicted molar refractivity (Wildman–Crippen MR) is 158 cm³/mol. The molecule has 3 rings (SSSR count). The molecule has 3 aromatic rings. The molecule has 0 aliphatic rings. The number of aryl methyl sites for hydroxylation is 1. The molecule has 3 aromatic carbocycles. The summed E-state index contributed by atoms with van der Waals surface area (Å²) in [7, 11) is -3.02. The van der Waals surface area contributed by atoms with Crippen molar-refractivity contribution < 1.29 is 35.9 Å². The van der Waals surface area contributed by atoms with E-state index in [1.807, 2.05) is 0 Å². The molecule has 0 aromatic heterocycles. The van der Waals surface area contributed by atoms with Crippen molar-refractivity contribution in [2.45, 2.75) is 63.8 Å². The predicted octanol–water partition coefficient (Wildman–Crippen LogP) is 5.55. The van der Waals surface area contributed by atoms with Crippen LogP contribution in [0, 0.1) is 6.92 Å². The van der Waals surface area contributed by atoms with Gasteiger partial charge < -0.3 is 15.0 Å². The molecule has 0 radical (unpaired) electrons. The summed E-state index contributed by atoms with van der Waals surface area (Å²) in [6, 6.07) is 15.2. The number of hydrogen-bond donors (Lipinski definition) is 1. The number of amides is 2. The van der Waals surface area contributed by atoms with E-state index < -0.39 is 51.7 Å². The number of alkyl halides is 3. The van der Waals surface area contributed by atoms with Crippen LogP contribution in [0.2, 0.25) is 0 Å². The van der Waals surface area contributed by atoms with Crippen LogP contribution < -0.4 is 14.4 Å². The molecule has 0 saturated carbocycles. The van der Waals surface area contributed by atoms with E-state index in [9.17, 15) is 31.2 Å². The molecule has 0 spiro atoms. The van der Waals surface area contributed by atoms with Crippen LogP contribution in [0.15, 0.2) is 77.7 Å². The van der Waals surface area contributed by atoms with Gasteiger partial charge in [-0.2, -0.15) is 13.2 Å². The van der Waals surface area contributed by atoms with E-state index in [1.165, 1.54) is 37.1 Å². The number of carbonyl (C=O) groups is 2. The molecule has 43 heavy (non-hydrogen) atoms. The third kappa shape index (κ3) is 8.73. The highest BCUT2D eigenvalue weighted by atomic mass is 32.2. The zero-order chi connectivity index (χ0) is 32.2. The van der Waals surface area contributed by atoms with Gasteiger partial charge in [0.15, 0.2) is 0 Å². The van der Waals surface area contributed by atoms with Crippen LogP contribution >= 0.6 is 0 Å². The van der Waals surface area contributed by atoms with Gasteiger partial charge in [-0.05, 0) is 82.6 Å². The Labute approximate surface area is 250 Å². The fourth-order valence-corrected chi connectivity index (χ4v) is 5.59. The number of benzene rings is 3. The Kier molecular flexibility index (Phi) is 10.2. The molecule has 1 atom stereocenters. The van der Waals surface area contributed by atoms with Gasteiger partial charge in [-0.25, -0.2) is 8.42 Å². The second-order valence-corrected chi connectivity index (χ2v) is 13.0. The van der Waals surface area contributed by atoms with Crippen LogP contribution in [0.3, 0.4) is 0 Å². The molecule has 232 valence electrons. The lowest BCUT2D eigenvalue weighted by Gasteiger charge is -2.33. The van der Waals surface area contributed by atoms with E-state index >= 15 is 0 Å². The first kappa shape index (κ1) is 33.4. The van der Waals surface area contributed by atoms with E-state index in [2.05, 4.69) is 5.32 Å². The topological polar surface area (TPSA) is 96.0 Å². The lowest BCUT2D eigenvalue weighted by Crippen LogP contribution is -2.54. The molecular weight excluding hydrogens is 583 g/mol. The van der Waals surface area contributed by atoms with E-state index in [0.717, 1.165) is 17.7 Å². The number of methoxy groups -OCH3 is 1. The maximum Gasteiger partial charge on any atom is 0.416 e. The Hall–Kier alpha value is -4.06. The molecule has 0 aliphatic carbocycles. The third-order valence-electron chi connectivity index (χ3n) is 6.53. The maximum atomic E-state index is 14.0. The van der Waals surface area contributed by atoms with Gasteiger partial charge in [-0.15, -0.1) is 0 Å². The van der Waals surface area contributed by atoms with Gasteiger partial charge in [0.1, 0.15) is 18.3 Å². The van der Waals surface area contributed by atoms with Crippen molar-refractivity contribution in [3.8, 4) is 5.75 Å². The summed E-state index contributed by atoms with van der Waals surface area (Å²) < 4.78 is 74.4. The van der Waals surface area contributed by atoms with Gasteiger partial charge in [-0.1, -0.05) is 35.9 Å². The van der Waals surface area contributed by atoms with Crippen molar-refractivity contribution in [2.75, 3.05) is 18.0 Å². The van der Waals surface area contributed by atoms with Crippen LogP contribution in [-0.2, 0) is 32.3 Å². The largest absolute Gasteiger partial charge is 0.497 e. The number of sulfonamides is 1. The summed E-state index contributed by atoms with van der Waals surface area (Å²) >= 11 is 0. The molecule has 1 N–H and O–H groups in total. The summed E-state index contributed by atoms with van der Waals surface area (Å²) in [5.74, 6) is -0.707. The molecule has 0 heterocycles. The number of ether oxygens (including phenoxy) is 1. The number of nitrogens with one attached hydrogen (secondary N) is 1. The summed E-state index contributed by atoms with van der Waals surface area (Å²) in [5.41, 5.74) is -0.657. The first-order chi connectivity index (χ1) is 19.9. The van der Waals surface area contributed by atoms with Crippen molar-refractivity contribution in [2.24, 2.45) is 0 Å². The average Bonchev–Trinajstić information content (AvgIpc) is 2.93.